The molecule has 0 aliphatic heterocycles. The molecule has 0 fully saturated rings. The summed E-state index contributed by atoms with van der Waals surface area (Å²) in [5, 5.41) is 1.01. The van der Waals surface area contributed by atoms with E-state index < -0.39 is 0 Å². The summed E-state index contributed by atoms with van der Waals surface area (Å²) >= 11 is 0. The van der Waals surface area contributed by atoms with E-state index in [1.165, 1.54) is 0 Å². The second kappa shape index (κ2) is 3.18. The van der Waals surface area contributed by atoms with Crippen LogP contribution >= 0.6 is 0 Å². The van der Waals surface area contributed by atoms with Crippen LogP contribution in [0.5, 0.6) is 0 Å². The lowest BCUT2D eigenvalue weighted by molar-refractivity contribution is 0.762. The molecule has 2 N–H and O–H groups in total. The lowest BCUT2D eigenvalue weighted by atomic mass is 10.2. The Morgan fingerprint density at radius 3 is 2.79 bits per heavy atom. The number of hydrogen-bond donors (Lipinski definition) is 1. The second-order valence-corrected chi connectivity index (χ2v) is 3.21. The molecule has 3 nitrogen and oxygen atoms in total. The summed E-state index contributed by atoms with van der Waals surface area (Å²) in [7, 11) is 0. The summed E-state index contributed by atoms with van der Waals surface area (Å²) in [5.41, 5.74) is 6.77. The van der Waals surface area contributed by atoms with Gasteiger partial charge in [-0.15, -0.1) is 0 Å². The number of fused-ring (bicyclic) bond motifs is 1. The molecule has 0 amide bonds. The highest BCUT2D eigenvalue weighted by Crippen LogP contribution is 2.13. The number of nitrogens with zero attached hydrogens (tertiary/aromatic N) is 1. The van der Waals surface area contributed by atoms with Gasteiger partial charge in [0.1, 0.15) is 0 Å². The van der Waals surface area contributed by atoms with E-state index in [4.69, 9.17) is 5.73 Å². The Morgan fingerprint density at radius 2 is 2.07 bits per heavy atom. The molecule has 0 aliphatic carbocycles. The number of anilines is 1. The third-order valence-electron chi connectivity index (χ3n) is 2.35. The van der Waals surface area contributed by atoms with E-state index in [9.17, 15) is 4.79 Å². The molecule has 1 aromatic carbocycles. The molecule has 1 aromatic heterocycles. The van der Waals surface area contributed by atoms with Crippen molar-refractivity contribution < 1.29 is 0 Å². The predicted octanol–water partition coefficient (Wildman–Crippen LogP) is 1.60. The zero-order valence-corrected chi connectivity index (χ0v) is 8.03. The number of benzene rings is 1. The molecule has 0 atom stereocenters. The first kappa shape index (κ1) is 8.81. The zero-order chi connectivity index (χ0) is 10.1. The summed E-state index contributed by atoms with van der Waals surface area (Å²) in [4.78, 5) is 11.7. The molecular formula is C11H12N2O. The van der Waals surface area contributed by atoms with Crippen LogP contribution in [0.25, 0.3) is 10.9 Å². The zero-order valence-electron chi connectivity index (χ0n) is 8.03. The Bertz CT molecular complexity index is 528. The van der Waals surface area contributed by atoms with Gasteiger partial charge in [-0.3, -0.25) is 4.79 Å². The highest BCUT2D eigenvalue weighted by Gasteiger charge is 2.03. The molecule has 0 bridgehead atoms. The highest BCUT2D eigenvalue weighted by molar-refractivity contribution is 5.81. The normalized spacial score (nSPS) is 10.6. The van der Waals surface area contributed by atoms with Crippen LogP contribution in [0.4, 0.5) is 5.69 Å². The SMILES string of the molecule is CCn1c(=O)c(N)cc2ccccc21. The van der Waals surface area contributed by atoms with Crippen LogP contribution in [0.3, 0.4) is 0 Å². The molecular weight excluding hydrogens is 176 g/mol. The van der Waals surface area contributed by atoms with E-state index >= 15 is 0 Å². The van der Waals surface area contributed by atoms with Crippen LogP contribution in [0.15, 0.2) is 35.1 Å². The highest BCUT2D eigenvalue weighted by atomic mass is 16.1. The lowest BCUT2D eigenvalue weighted by Gasteiger charge is -2.08. The Morgan fingerprint density at radius 1 is 1.36 bits per heavy atom. The largest absolute Gasteiger partial charge is 0.394 e. The van der Waals surface area contributed by atoms with Crippen molar-refractivity contribution in [1.29, 1.82) is 0 Å². The van der Waals surface area contributed by atoms with Gasteiger partial charge in [-0.1, -0.05) is 18.2 Å². The van der Waals surface area contributed by atoms with Crippen molar-refractivity contribution in [2.24, 2.45) is 0 Å². The second-order valence-electron chi connectivity index (χ2n) is 3.21. The number of pyridine rings is 1. The van der Waals surface area contributed by atoms with E-state index in [-0.39, 0.29) is 5.56 Å². The summed E-state index contributed by atoms with van der Waals surface area (Å²) in [5.74, 6) is 0. The van der Waals surface area contributed by atoms with Crippen molar-refractivity contribution in [2.75, 3.05) is 5.73 Å². The minimum atomic E-state index is -0.105. The summed E-state index contributed by atoms with van der Waals surface area (Å²) in [6.07, 6.45) is 0. The van der Waals surface area contributed by atoms with Gasteiger partial charge in [0.2, 0.25) is 0 Å². The van der Waals surface area contributed by atoms with Gasteiger partial charge in [0.05, 0.1) is 11.2 Å². The number of nitrogens with two attached hydrogens (primary N) is 1. The maximum atomic E-state index is 11.7. The Labute approximate surface area is 81.8 Å². The van der Waals surface area contributed by atoms with Crippen LogP contribution in [-0.4, -0.2) is 4.57 Å². The topological polar surface area (TPSA) is 48.0 Å². The Hall–Kier alpha value is -1.77. The first-order chi connectivity index (χ1) is 6.74. The molecule has 0 unspecified atom stereocenters. The van der Waals surface area contributed by atoms with E-state index in [1.54, 1.807) is 10.6 Å². The van der Waals surface area contributed by atoms with Crippen molar-refractivity contribution in [3.63, 3.8) is 0 Å². The third kappa shape index (κ3) is 1.18. The van der Waals surface area contributed by atoms with Crippen molar-refractivity contribution in [1.82, 2.24) is 4.57 Å². The number of aryl methyl sites for hydroxylation is 1. The number of nitrogen functional groups attached to an aromatic ring is 1. The van der Waals surface area contributed by atoms with Gasteiger partial charge < -0.3 is 10.3 Å². The van der Waals surface area contributed by atoms with Gasteiger partial charge in [-0.05, 0) is 19.1 Å². The molecule has 14 heavy (non-hydrogen) atoms. The van der Waals surface area contributed by atoms with E-state index in [1.807, 2.05) is 31.2 Å². The Kier molecular flexibility index (Phi) is 2.00. The smallest absolute Gasteiger partial charge is 0.274 e. The lowest BCUT2D eigenvalue weighted by Crippen LogP contribution is -2.22. The Balaban J connectivity index is 2.96. The third-order valence-corrected chi connectivity index (χ3v) is 2.35. The number of para-hydroxylation sites is 1. The molecule has 0 saturated heterocycles. The first-order valence-electron chi connectivity index (χ1n) is 4.62. The van der Waals surface area contributed by atoms with Crippen LogP contribution in [0.2, 0.25) is 0 Å². The molecule has 72 valence electrons. The summed E-state index contributed by atoms with van der Waals surface area (Å²) in [6.45, 7) is 2.58. The van der Waals surface area contributed by atoms with Gasteiger partial charge in [-0.25, -0.2) is 0 Å². The predicted molar refractivity (Wildman–Crippen MR) is 58.3 cm³/mol. The minimum absolute atomic E-state index is 0.105. The molecule has 0 radical (unpaired) electrons. The van der Waals surface area contributed by atoms with Crippen LogP contribution < -0.4 is 11.3 Å². The average Bonchev–Trinajstić information content (AvgIpc) is 2.20. The van der Waals surface area contributed by atoms with Crippen LogP contribution in [-0.2, 0) is 6.54 Å². The molecule has 2 aromatic rings. The van der Waals surface area contributed by atoms with Crippen LogP contribution in [0, 0.1) is 0 Å². The van der Waals surface area contributed by atoms with E-state index in [2.05, 4.69) is 0 Å². The molecule has 0 spiro atoms. The monoisotopic (exact) mass is 188 g/mol. The van der Waals surface area contributed by atoms with Crippen molar-refractivity contribution in [3.05, 3.63) is 40.7 Å². The van der Waals surface area contributed by atoms with E-state index in [0.717, 1.165) is 10.9 Å². The maximum Gasteiger partial charge on any atom is 0.274 e. The first-order valence-corrected chi connectivity index (χ1v) is 4.62. The van der Waals surface area contributed by atoms with Crippen molar-refractivity contribution in [3.8, 4) is 0 Å². The number of rotatable bonds is 1. The van der Waals surface area contributed by atoms with Crippen molar-refractivity contribution >= 4 is 16.6 Å². The maximum absolute atomic E-state index is 11.7. The molecule has 0 saturated carbocycles. The fourth-order valence-corrected chi connectivity index (χ4v) is 1.66. The van der Waals surface area contributed by atoms with Gasteiger partial charge in [0.25, 0.3) is 5.56 Å². The molecule has 0 aliphatic rings. The number of aromatic nitrogens is 1. The standard InChI is InChI=1S/C11H12N2O/c1-2-13-10-6-4-3-5-8(10)7-9(12)11(13)14/h3-7H,2,12H2,1H3. The fraction of sp³-hybridized carbons (Fsp3) is 0.182. The van der Waals surface area contributed by atoms with Gasteiger partial charge in [0, 0.05) is 11.9 Å². The minimum Gasteiger partial charge on any atom is -0.394 e. The molecule has 2 rings (SSSR count). The van der Waals surface area contributed by atoms with Gasteiger partial charge >= 0.3 is 0 Å². The number of hydrogen-bond acceptors (Lipinski definition) is 2. The van der Waals surface area contributed by atoms with Crippen molar-refractivity contribution in [2.45, 2.75) is 13.5 Å². The average molecular weight is 188 g/mol. The van der Waals surface area contributed by atoms with Crippen LogP contribution in [0.1, 0.15) is 6.92 Å². The quantitative estimate of drug-likeness (QED) is 0.739. The molecule has 1 heterocycles. The summed E-state index contributed by atoms with van der Waals surface area (Å²) in [6, 6.07) is 9.47. The van der Waals surface area contributed by atoms with E-state index in [0.29, 0.717) is 12.2 Å². The molecule has 3 heteroatoms. The van der Waals surface area contributed by atoms with Gasteiger partial charge in [-0.2, -0.15) is 0 Å². The summed E-state index contributed by atoms with van der Waals surface area (Å²) < 4.78 is 1.69. The van der Waals surface area contributed by atoms with Gasteiger partial charge in [0.15, 0.2) is 0 Å². The fourth-order valence-electron chi connectivity index (χ4n) is 1.66.